The number of rotatable bonds is 6. The van der Waals surface area contributed by atoms with Crippen molar-refractivity contribution in [1.29, 1.82) is 0 Å². The Kier molecular flexibility index (Phi) is 6.28. The van der Waals surface area contributed by atoms with Crippen LogP contribution in [0.3, 0.4) is 0 Å². The van der Waals surface area contributed by atoms with Crippen molar-refractivity contribution in [2.45, 2.75) is 45.6 Å². The Balaban J connectivity index is 1.64. The van der Waals surface area contributed by atoms with Crippen molar-refractivity contribution >= 4 is 23.4 Å². The van der Waals surface area contributed by atoms with Crippen LogP contribution in [0.4, 0.5) is 0 Å². The number of ether oxygens (including phenoxy) is 3. The molecular weight excluding hydrogens is 434 g/mol. The maximum atomic E-state index is 12.8. The highest BCUT2D eigenvalue weighted by Gasteiger charge is 2.42. The van der Waals surface area contributed by atoms with Gasteiger partial charge in [0.25, 0.3) is 0 Å². The Morgan fingerprint density at radius 2 is 2.06 bits per heavy atom. The number of esters is 1. The molecule has 4 rings (SSSR count). The van der Waals surface area contributed by atoms with Gasteiger partial charge >= 0.3 is 5.97 Å². The third kappa shape index (κ3) is 4.25. The van der Waals surface area contributed by atoms with Gasteiger partial charge in [0.1, 0.15) is 35.2 Å². The van der Waals surface area contributed by atoms with Gasteiger partial charge in [-0.1, -0.05) is 11.6 Å². The second kappa shape index (κ2) is 9.12. The normalized spacial score (nSPS) is 18.3. The third-order valence-electron chi connectivity index (χ3n) is 5.46. The average molecular weight is 458 g/mol. The zero-order valence-corrected chi connectivity index (χ0v) is 18.7. The summed E-state index contributed by atoms with van der Waals surface area (Å²) in [6, 6.07) is 8.85. The van der Waals surface area contributed by atoms with Gasteiger partial charge in [-0.15, -0.1) is 0 Å². The second-order valence-electron chi connectivity index (χ2n) is 7.65. The number of allylic oxidation sites excluding steroid dienone is 2. The van der Waals surface area contributed by atoms with Gasteiger partial charge in [0.15, 0.2) is 5.78 Å². The van der Waals surface area contributed by atoms with E-state index >= 15 is 0 Å². The molecule has 2 aliphatic rings. The van der Waals surface area contributed by atoms with E-state index in [0.29, 0.717) is 52.9 Å². The lowest BCUT2D eigenvalue weighted by atomic mass is 9.79. The lowest BCUT2D eigenvalue weighted by molar-refractivity contribution is -0.139. The van der Waals surface area contributed by atoms with Crippen molar-refractivity contribution in [3.63, 3.8) is 0 Å². The first-order valence-electron chi connectivity index (χ1n) is 10.5. The minimum absolute atomic E-state index is 0.0623. The fourth-order valence-corrected chi connectivity index (χ4v) is 4.05. The van der Waals surface area contributed by atoms with E-state index in [1.807, 2.05) is 13.0 Å². The number of benzene rings is 1. The van der Waals surface area contributed by atoms with Gasteiger partial charge < -0.3 is 24.4 Å². The lowest BCUT2D eigenvalue weighted by Gasteiger charge is -2.31. The smallest absolute Gasteiger partial charge is 0.340 e. The highest BCUT2D eigenvalue weighted by molar-refractivity contribution is 6.31. The average Bonchev–Trinajstić information content (AvgIpc) is 3.22. The molecule has 1 aliphatic carbocycles. The summed E-state index contributed by atoms with van der Waals surface area (Å²) in [5.74, 6) is 0.522. The van der Waals surface area contributed by atoms with Crippen LogP contribution in [0.1, 0.15) is 49.2 Å². The van der Waals surface area contributed by atoms with E-state index in [1.54, 1.807) is 31.2 Å². The molecule has 0 unspecified atom stereocenters. The maximum absolute atomic E-state index is 12.8. The van der Waals surface area contributed by atoms with Crippen molar-refractivity contribution in [2.75, 3.05) is 6.61 Å². The number of carbonyl (C=O) groups excluding carboxylic acids is 2. The van der Waals surface area contributed by atoms with Crippen LogP contribution in [0, 0.1) is 6.92 Å². The topological polar surface area (TPSA) is 101 Å². The summed E-state index contributed by atoms with van der Waals surface area (Å²) < 4.78 is 22.7. The first-order chi connectivity index (χ1) is 15.4. The molecule has 1 aromatic carbocycles. The number of carbonyl (C=O) groups is 2. The van der Waals surface area contributed by atoms with Gasteiger partial charge in [-0.25, -0.2) is 4.79 Å². The van der Waals surface area contributed by atoms with Crippen molar-refractivity contribution in [3.05, 3.63) is 75.2 Å². The maximum Gasteiger partial charge on any atom is 0.340 e. The Hall–Kier alpha value is -3.19. The van der Waals surface area contributed by atoms with Crippen molar-refractivity contribution in [3.8, 4) is 5.75 Å². The van der Waals surface area contributed by atoms with Gasteiger partial charge in [0.05, 0.1) is 12.5 Å². The van der Waals surface area contributed by atoms with Crippen LogP contribution >= 0.6 is 11.6 Å². The molecule has 2 N–H and O–H groups in total. The zero-order chi connectivity index (χ0) is 22.8. The van der Waals surface area contributed by atoms with Gasteiger partial charge in [-0.3, -0.25) is 4.79 Å². The molecule has 168 valence electrons. The van der Waals surface area contributed by atoms with Gasteiger partial charge in [0.2, 0.25) is 5.88 Å². The number of hydrogen-bond acceptors (Lipinski definition) is 7. The summed E-state index contributed by atoms with van der Waals surface area (Å²) in [6.45, 7) is 3.92. The van der Waals surface area contributed by atoms with E-state index < -0.39 is 11.9 Å². The molecule has 8 heteroatoms. The molecule has 0 saturated heterocycles. The summed E-state index contributed by atoms with van der Waals surface area (Å²) in [7, 11) is 0. The number of Topliss-reactive ketones (excluding diaryl/α,β-unsaturated/α-hetero) is 1. The van der Waals surface area contributed by atoms with Crippen molar-refractivity contribution in [1.82, 2.24) is 0 Å². The van der Waals surface area contributed by atoms with Crippen molar-refractivity contribution in [2.24, 2.45) is 5.73 Å². The molecule has 0 amide bonds. The Morgan fingerprint density at radius 1 is 1.25 bits per heavy atom. The number of ketones is 1. The van der Waals surface area contributed by atoms with Crippen LogP contribution in [0.25, 0.3) is 0 Å². The molecule has 32 heavy (non-hydrogen) atoms. The number of furan rings is 1. The molecular formula is C24H24ClNO6. The molecule has 1 aliphatic heterocycles. The van der Waals surface area contributed by atoms with Gasteiger partial charge in [-0.2, -0.15) is 0 Å². The molecule has 0 bridgehead atoms. The summed E-state index contributed by atoms with van der Waals surface area (Å²) in [4.78, 5) is 25.5. The van der Waals surface area contributed by atoms with Crippen LogP contribution in [0.15, 0.2) is 57.5 Å². The number of aryl methyl sites for hydroxylation is 1. The SMILES string of the molecule is CCOC(=O)C1=C(N)OC2=C(C(=O)CCC2)[C@H]1c1ccc(COc2ccc(Cl)c(C)c2)o1. The highest BCUT2D eigenvalue weighted by Crippen LogP contribution is 2.44. The van der Waals surface area contributed by atoms with E-state index in [2.05, 4.69) is 0 Å². The van der Waals surface area contributed by atoms with Crippen LogP contribution in [0.2, 0.25) is 5.02 Å². The number of hydrogen-bond donors (Lipinski definition) is 1. The quantitative estimate of drug-likeness (QED) is 0.628. The largest absolute Gasteiger partial charge is 0.486 e. The summed E-state index contributed by atoms with van der Waals surface area (Å²) in [6.07, 6.45) is 1.62. The van der Waals surface area contributed by atoms with Gasteiger partial charge in [-0.05, 0) is 56.2 Å². The molecule has 7 nitrogen and oxygen atoms in total. The first kappa shape index (κ1) is 22.0. The van der Waals surface area contributed by atoms with E-state index in [-0.39, 0.29) is 30.5 Å². The fourth-order valence-electron chi connectivity index (χ4n) is 3.94. The standard InChI is InChI=1S/C24H24ClNO6/c1-3-29-24(28)22-21(20-17(27)5-4-6-18(20)32-23(22)26)19-10-8-15(31-19)12-30-14-7-9-16(25)13(2)11-14/h7-11,21H,3-6,12,26H2,1-2H3/t21-/m1/s1. The number of halogens is 1. The molecule has 0 radical (unpaired) electrons. The predicted molar refractivity (Wildman–Crippen MR) is 117 cm³/mol. The third-order valence-corrected chi connectivity index (χ3v) is 5.88. The van der Waals surface area contributed by atoms with E-state index in [4.69, 9.17) is 36.0 Å². The molecule has 1 aromatic heterocycles. The Bertz CT molecular complexity index is 1130. The number of nitrogens with two attached hydrogens (primary N) is 1. The molecule has 0 saturated carbocycles. The summed E-state index contributed by atoms with van der Waals surface area (Å²) >= 11 is 6.06. The summed E-state index contributed by atoms with van der Waals surface area (Å²) in [5.41, 5.74) is 7.48. The minimum Gasteiger partial charge on any atom is -0.486 e. The predicted octanol–water partition coefficient (Wildman–Crippen LogP) is 4.67. The fraction of sp³-hybridized carbons (Fsp3) is 0.333. The summed E-state index contributed by atoms with van der Waals surface area (Å²) in [5, 5.41) is 0.661. The van der Waals surface area contributed by atoms with Gasteiger partial charge in [0, 0.05) is 23.4 Å². The Morgan fingerprint density at radius 3 is 2.81 bits per heavy atom. The zero-order valence-electron chi connectivity index (χ0n) is 17.9. The molecule has 0 fully saturated rings. The van der Waals surface area contributed by atoms with Crippen molar-refractivity contribution < 1.29 is 28.2 Å². The van der Waals surface area contributed by atoms with Crippen LogP contribution in [-0.4, -0.2) is 18.4 Å². The molecule has 0 spiro atoms. The second-order valence-corrected chi connectivity index (χ2v) is 8.06. The van der Waals surface area contributed by atoms with Crippen LogP contribution in [0.5, 0.6) is 5.75 Å². The molecule has 1 atom stereocenters. The lowest BCUT2D eigenvalue weighted by Crippen LogP contribution is -2.31. The molecule has 2 aromatic rings. The van der Waals surface area contributed by atoms with Crippen LogP contribution < -0.4 is 10.5 Å². The van der Waals surface area contributed by atoms with Crippen LogP contribution in [-0.2, 0) is 25.7 Å². The van der Waals surface area contributed by atoms with E-state index in [1.165, 1.54) is 0 Å². The molecule has 2 heterocycles. The Labute approximate surface area is 190 Å². The van der Waals surface area contributed by atoms with E-state index in [9.17, 15) is 9.59 Å². The van der Waals surface area contributed by atoms with E-state index in [0.717, 1.165) is 5.56 Å². The minimum atomic E-state index is -0.780. The first-order valence-corrected chi connectivity index (χ1v) is 10.8. The highest BCUT2D eigenvalue weighted by atomic mass is 35.5. The monoisotopic (exact) mass is 457 g/mol.